The summed E-state index contributed by atoms with van der Waals surface area (Å²) < 4.78 is 49.7. The van der Waals surface area contributed by atoms with Gasteiger partial charge in [-0.05, 0) is 67.4 Å². The van der Waals surface area contributed by atoms with Crippen LogP contribution in [0.3, 0.4) is 0 Å². The molecule has 0 aromatic heterocycles. The van der Waals surface area contributed by atoms with Crippen molar-refractivity contribution in [3.8, 4) is 11.5 Å². The van der Waals surface area contributed by atoms with Crippen molar-refractivity contribution in [3.63, 3.8) is 0 Å². The maximum Gasteiger partial charge on any atom is 0.338 e. The van der Waals surface area contributed by atoms with Crippen LogP contribution in [0, 0.1) is 34.5 Å². The van der Waals surface area contributed by atoms with Crippen molar-refractivity contribution in [1.29, 1.82) is 0 Å². The number of carbonyl (C=O) groups is 2. The average molecular weight is 734 g/mol. The van der Waals surface area contributed by atoms with Crippen LogP contribution >= 0.6 is 0 Å². The van der Waals surface area contributed by atoms with Gasteiger partial charge in [0.25, 0.3) is 0 Å². The Morgan fingerprint density at radius 3 is 2.02 bits per heavy atom. The second-order valence-corrected chi connectivity index (χ2v) is 15.8. The van der Waals surface area contributed by atoms with Crippen LogP contribution in [0.4, 0.5) is 0 Å². The number of hydrogen-bond donors (Lipinski definition) is 1. The Hall–Kier alpha value is -3.52. The molecule has 2 aromatic carbocycles. The molecule has 8 rings (SSSR count). The van der Waals surface area contributed by atoms with Crippen molar-refractivity contribution < 1.29 is 52.6 Å². The standard InChI is InChI=1S/C41H51NO11/c1-8-42-21-38(22-46-2)18-17-28(49-5)41-27-19-39(45)29(50-6)20-40(31(34(41)42)32(51-7)33(38)41,53-37(44)24-11-15-26(48-4)16-12-24)30(27)35(39)52-36(43)23-9-13-25(47-3)14-10-23/h9-18,27-35,45H,8,19-22H2,1-7H3. The quantitative estimate of drug-likeness (QED) is 0.252. The monoisotopic (exact) mass is 733 g/mol. The third kappa shape index (κ3) is 4.75. The van der Waals surface area contributed by atoms with Gasteiger partial charge in [-0.25, -0.2) is 9.59 Å². The zero-order valence-corrected chi connectivity index (χ0v) is 31.5. The summed E-state index contributed by atoms with van der Waals surface area (Å²) in [6.45, 7) is 4.03. The summed E-state index contributed by atoms with van der Waals surface area (Å²) in [5.41, 5.74) is -3.34. The molecule has 5 fully saturated rings. The van der Waals surface area contributed by atoms with Crippen molar-refractivity contribution in [1.82, 2.24) is 4.90 Å². The molecule has 1 spiro atoms. The van der Waals surface area contributed by atoms with Crippen LogP contribution in [0.25, 0.3) is 0 Å². The molecule has 1 heterocycles. The van der Waals surface area contributed by atoms with Gasteiger partial charge < -0.3 is 43.0 Å². The van der Waals surface area contributed by atoms with E-state index in [4.69, 9.17) is 37.9 Å². The van der Waals surface area contributed by atoms with E-state index in [0.717, 1.165) is 6.54 Å². The van der Waals surface area contributed by atoms with Gasteiger partial charge >= 0.3 is 11.9 Å². The molecule has 6 aliphatic rings. The highest BCUT2D eigenvalue weighted by molar-refractivity contribution is 5.90. The molecule has 286 valence electrons. The summed E-state index contributed by atoms with van der Waals surface area (Å²) in [7, 11) is 9.88. The zero-order valence-electron chi connectivity index (χ0n) is 31.5. The summed E-state index contributed by atoms with van der Waals surface area (Å²) in [4.78, 5) is 31.2. The molecule has 13 unspecified atom stereocenters. The lowest BCUT2D eigenvalue weighted by atomic mass is 9.44. The Kier molecular flexibility index (Phi) is 8.98. The highest BCUT2D eigenvalue weighted by Gasteiger charge is 2.89. The minimum Gasteiger partial charge on any atom is -0.497 e. The highest BCUT2D eigenvalue weighted by Crippen LogP contribution is 2.80. The molecule has 12 nitrogen and oxygen atoms in total. The molecule has 2 aromatic rings. The first-order valence-electron chi connectivity index (χ1n) is 18.5. The third-order valence-electron chi connectivity index (χ3n) is 14.1. The molecule has 13 atom stereocenters. The molecule has 1 aliphatic heterocycles. The molecule has 53 heavy (non-hydrogen) atoms. The van der Waals surface area contributed by atoms with Gasteiger partial charge in [0.05, 0.1) is 50.3 Å². The fourth-order valence-electron chi connectivity index (χ4n) is 12.6. The summed E-state index contributed by atoms with van der Waals surface area (Å²) >= 11 is 0. The topological polar surface area (TPSA) is 131 Å². The number of piperidine rings is 1. The van der Waals surface area contributed by atoms with E-state index >= 15 is 0 Å². The second-order valence-electron chi connectivity index (χ2n) is 15.8. The predicted molar refractivity (Wildman–Crippen MR) is 191 cm³/mol. The largest absolute Gasteiger partial charge is 0.497 e. The number of ether oxygens (including phenoxy) is 8. The molecular weight excluding hydrogens is 682 g/mol. The maximum atomic E-state index is 14.6. The molecule has 0 radical (unpaired) electrons. The number of aliphatic hydroxyl groups is 1. The van der Waals surface area contributed by atoms with Crippen molar-refractivity contribution in [3.05, 3.63) is 71.8 Å². The van der Waals surface area contributed by atoms with E-state index < -0.39 is 64.1 Å². The molecule has 0 amide bonds. The van der Waals surface area contributed by atoms with Crippen molar-refractivity contribution in [2.75, 3.05) is 62.4 Å². The minimum absolute atomic E-state index is 0.138. The van der Waals surface area contributed by atoms with Gasteiger partial charge in [0.1, 0.15) is 28.8 Å². The first-order valence-corrected chi connectivity index (χ1v) is 18.5. The lowest BCUT2D eigenvalue weighted by Crippen LogP contribution is -2.77. The van der Waals surface area contributed by atoms with E-state index in [2.05, 4.69) is 24.0 Å². The first kappa shape index (κ1) is 36.5. The second kappa shape index (κ2) is 13.1. The van der Waals surface area contributed by atoms with Crippen molar-refractivity contribution in [2.24, 2.45) is 34.5 Å². The fraction of sp³-hybridized carbons (Fsp3) is 0.610. The van der Waals surface area contributed by atoms with Gasteiger partial charge in [-0.3, -0.25) is 4.90 Å². The van der Waals surface area contributed by atoms with Crippen LogP contribution in [0.1, 0.15) is 40.5 Å². The Balaban J connectivity index is 1.36. The number of fused-ring (bicyclic) bond motifs is 2. The van der Waals surface area contributed by atoms with E-state index in [0.29, 0.717) is 35.8 Å². The van der Waals surface area contributed by atoms with Crippen molar-refractivity contribution >= 4 is 11.9 Å². The molecule has 12 heteroatoms. The van der Waals surface area contributed by atoms with E-state index in [1.807, 2.05) is 0 Å². The van der Waals surface area contributed by atoms with Gasteiger partial charge in [-0.1, -0.05) is 19.1 Å². The normalized spacial score (nSPS) is 41.5. The van der Waals surface area contributed by atoms with Crippen LogP contribution < -0.4 is 9.47 Å². The Morgan fingerprint density at radius 1 is 0.830 bits per heavy atom. The predicted octanol–water partition coefficient (Wildman–Crippen LogP) is 3.79. The van der Waals surface area contributed by atoms with Crippen LogP contribution in [-0.2, 0) is 28.4 Å². The van der Waals surface area contributed by atoms with Crippen LogP contribution in [-0.4, -0.2) is 126 Å². The summed E-state index contributed by atoms with van der Waals surface area (Å²) in [5, 5.41) is 13.0. The van der Waals surface area contributed by atoms with Gasteiger partial charge in [-0.2, -0.15) is 0 Å². The molecule has 4 saturated carbocycles. The SMILES string of the molecule is CCN1CC2(COC)C=CC(OC)C34C5CC6(O)C(OC)CC(OC(=O)c7ccc(OC)cc7)(C5C6OC(=O)c5ccc(OC)cc5)C(C(OC)C23)C14. The third-order valence-corrected chi connectivity index (χ3v) is 14.1. The highest BCUT2D eigenvalue weighted by atomic mass is 16.6. The smallest absolute Gasteiger partial charge is 0.338 e. The fourth-order valence-corrected chi connectivity index (χ4v) is 12.6. The number of nitrogens with zero attached hydrogens (tertiary/aromatic N) is 1. The van der Waals surface area contributed by atoms with E-state index in [-0.39, 0.29) is 36.8 Å². The number of benzene rings is 2. The van der Waals surface area contributed by atoms with Crippen LogP contribution in [0.2, 0.25) is 0 Å². The van der Waals surface area contributed by atoms with Crippen LogP contribution in [0.5, 0.6) is 11.5 Å². The van der Waals surface area contributed by atoms with E-state index in [9.17, 15) is 14.7 Å². The Bertz CT molecular complexity index is 1750. The number of likely N-dealkylation sites (tertiary alicyclic amines) is 1. The lowest BCUT2D eigenvalue weighted by Gasteiger charge is -2.67. The molecule has 5 aliphatic carbocycles. The summed E-state index contributed by atoms with van der Waals surface area (Å²) in [6, 6.07) is 13.3. The number of rotatable bonds is 12. The van der Waals surface area contributed by atoms with Gasteiger partial charge in [0, 0.05) is 76.0 Å². The van der Waals surface area contributed by atoms with Gasteiger partial charge in [0.2, 0.25) is 0 Å². The molecular formula is C41H51NO11. The van der Waals surface area contributed by atoms with E-state index in [1.54, 1.807) is 91.2 Å². The Labute approximate surface area is 310 Å². The number of hydrogen-bond acceptors (Lipinski definition) is 12. The minimum atomic E-state index is -1.60. The number of carbonyl (C=O) groups excluding carboxylic acids is 2. The first-order chi connectivity index (χ1) is 25.6. The summed E-state index contributed by atoms with van der Waals surface area (Å²) in [5.74, 6) is -1.45. The molecule has 7 bridgehead atoms. The Morgan fingerprint density at radius 2 is 1.47 bits per heavy atom. The molecule has 1 N–H and O–H groups in total. The molecule has 1 saturated heterocycles. The average Bonchev–Trinajstić information content (AvgIpc) is 3.56. The van der Waals surface area contributed by atoms with Crippen molar-refractivity contribution in [2.45, 2.75) is 61.4 Å². The maximum absolute atomic E-state index is 14.6. The summed E-state index contributed by atoms with van der Waals surface area (Å²) in [6.07, 6.45) is 2.13. The van der Waals surface area contributed by atoms with E-state index in [1.165, 1.54) is 0 Å². The number of methoxy groups -OCH3 is 6. The van der Waals surface area contributed by atoms with Gasteiger partial charge in [-0.15, -0.1) is 0 Å². The zero-order chi connectivity index (χ0) is 37.5. The lowest BCUT2D eigenvalue weighted by molar-refractivity contribution is -0.268. The van der Waals surface area contributed by atoms with Gasteiger partial charge in [0.15, 0.2) is 0 Å². The number of esters is 2. The van der Waals surface area contributed by atoms with Crippen LogP contribution in [0.15, 0.2) is 60.7 Å².